The zero-order valence-corrected chi connectivity index (χ0v) is 18.6. The van der Waals surface area contributed by atoms with Crippen molar-refractivity contribution in [2.75, 3.05) is 32.1 Å². The summed E-state index contributed by atoms with van der Waals surface area (Å²) in [5.74, 6) is 0.342. The summed E-state index contributed by atoms with van der Waals surface area (Å²) in [6.07, 6.45) is 7.25. The number of ether oxygens (including phenoxy) is 2. The van der Waals surface area contributed by atoms with E-state index in [1.54, 1.807) is 6.20 Å². The Balaban J connectivity index is 1.46. The van der Waals surface area contributed by atoms with Crippen LogP contribution >= 0.6 is 0 Å². The van der Waals surface area contributed by atoms with E-state index in [1.807, 2.05) is 11.5 Å². The minimum Gasteiger partial charge on any atom is -0.466 e. The number of esters is 1. The molecule has 168 valence electrons. The van der Waals surface area contributed by atoms with Crippen LogP contribution in [0.15, 0.2) is 11.4 Å². The molecule has 3 fully saturated rings. The summed E-state index contributed by atoms with van der Waals surface area (Å²) in [6, 6.07) is 0. The van der Waals surface area contributed by atoms with E-state index in [9.17, 15) is 13.2 Å². The first-order valence-corrected chi connectivity index (χ1v) is 12.9. The second kappa shape index (κ2) is 9.36. The van der Waals surface area contributed by atoms with Crippen molar-refractivity contribution in [2.45, 2.75) is 69.8 Å². The van der Waals surface area contributed by atoms with Crippen LogP contribution in [-0.2, 0) is 37.2 Å². The fraction of sp³-hybridized carbons (Fsp3) is 0.810. The van der Waals surface area contributed by atoms with Crippen molar-refractivity contribution in [1.82, 2.24) is 14.5 Å². The van der Waals surface area contributed by atoms with Crippen LogP contribution in [0.25, 0.3) is 0 Å². The minimum atomic E-state index is -3.40. The Kier molecular flexibility index (Phi) is 6.79. The molecule has 0 radical (unpaired) electrons. The maximum atomic E-state index is 13.0. The van der Waals surface area contributed by atoms with E-state index in [0.29, 0.717) is 19.7 Å². The van der Waals surface area contributed by atoms with Crippen LogP contribution in [0.3, 0.4) is 0 Å². The Hall–Kier alpha value is -1.45. The number of nitrogens with zero attached hydrogens (tertiary/aromatic N) is 3. The molecule has 1 aromatic rings. The molecule has 9 heteroatoms. The number of imidazole rings is 1. The Morgan fingerprint density at radius 1 is 1.23 bits per heavy atom. The van der Waals surface area contributed by atoms with Gasteiger partial charge in [0.2, 0.25) is 15.0 Å². The first-order valence-electron chi connectivity index (χ1n) is 11.2. The maximum Gasteiger partial charge on any atom is 0.309 e. The molecule has 1 atom stereocenters. The average molecular weight is 440 g/mol. The lowest BCUT2D eigenvalue weighted by atomic mass is 9.97. The SMILES string of the molecule is CCOC(=O)C1CCN(Cc2cnc(S(=O)(=O)CC3CC3)n2C[C@@H]2CCCO2)CC1. The lowest BCUT2D eigenvalue weighted by molar-refractivity contribution is -0.149. The number of aromatic nitrogens is 2. The summed E-state index contributed by atoms with van der Waals surface area (Å²) < 4.78 is 38.8. The fourth-order valence-corrected chi connectivity index (χ4v) is 6.28. The number of piperidine rings is 1. The molecule has 3 aliphatic rings. The molecule has 2 saturated heterocycles. The van der Waals surface area contributed by atoms with Crippen molar-refractivity contribution in [3.63, 3.8) is 0 Å². The van der Waals surface area contributed by atoms with Gasteiger partial charge in [0, 0.05) is 13.2 Å². The van der Waals surface area contributed by atoms with E-state index >= 15 is 0 Å². The normalized spacial score (nSPS) is 23.7. The number of likely N-dealkylation sites (tertiary alicyclic amines) is 1. The lowest BCUT2D eigenvalue weighted by Gasteiger charge is -2.31. The Labute approximate surface area is 178 Å². The predicted octanol–water partition coefficient (Wildman–Crippen LogP) is 2.02. The number of sulfone groups is 1. The number of rotatable bonds is 9. The van der Waals surface area contributed by atoms with E-state index in [4.69, 9.17) is 9.47 Å². The summed E-state index contributed by atoms with van der Waals surface area (Å²) in [7, 11) is -3.40. The van der Waals surface area contributed by atoms with Gasteiger partial charge in [0.15, 0.2) is 0 Å². The second-order valence-corrected chi connectivity index (χ2v) is 10.7. The van der Waals surface area contributed by atoms with Gasteiger partial charge < -0.3 is 14.0 Å². The molecule has 0 unspecified atom stereocenters. The Morgan fingerprint density at radius 2 is 2.00 bits per heavy atom. The highest BCUT2D eigenvalue weighted by Gasteiger charge is 2.34. The Morgan fingerprint density at radius 3 is 2.63 bits per heavy atom. The van der Waals surface area contributed by atoms with Crippen LogP contribution < -0.4 is 0 Å². The fourth-order valence-electron chi connectivity index (χ4n) is 4.44. The van der Waals surface area contributed by atoms with Crippen LogP contribution in [0.4, 0.5) is 0 Å². The summed E-state index contributed by atoms with van der Waals surface area (Å²) in [6.45, 7) is 5.73. The quantitative estimate of drug-likeness (QED) is 0.544. The minimum absolute atomic E-state index is 0.0347. The molecule has 0 spiro atoms. The topological polar surface area (TPSA) is 90.7 Å². The average Bonchev–Trinajstić information content (AvgIpc) is 3.20. The van der Waals surface area contributed by atoms with Gasteiger partial charge in [-0.25, -0.2) is 13.4 Å². The monoisotopic (exact) mass is 439 g/mol. The number of hydrogen-bond acceptors (Lipinski definition) is 7. The summed E-state index contributed by atoms with van der Waals surface area (Å²) >= 11 is 0. The van der Waals surface area contributed by atoms with Crippen molar-refractivity contribution in [2.24, 2.45) is 11.8 Å². The smallest absolute Gasteiger partial charge is 0.309 e. The van der Waals surface area contributed by atoms with Gasteiger partial charge in [-0.2, -0.15) is 0 Å². The van der Waals surface area contributed by atoms with Gasteiger partial charge in [0.25, 0.3) is 0 Å². The predicted molar refractivity (Wildman–Crippen MR) is 111 cm³/mol. The largest absolute Gasteiger partial charge is 0.466 e. The number of carbonyl (C=O) groups excluding carboxylic acids is 1. The Bertz CT molecular complexity index is 835. The van der Waals surface area contributed by atoms with Crippen molar-refractivity contribution >= 4 is 15.8 Å². The van der Waals surface area contributed by atoms with Gasteiger partial charge >= 0.3 is 5.97 Å². The zero-order chi connectivity index (χ0) is 21.1. The molecule has 1 aromatic heterocycles. The molecule has 0 aromatic carbocycles. The van der Waals surface area contributed by atoms with Crippen LogP contribution in [0.2, 0.25) is 0 Å². The zero-order valence-electron chi connectivity index (χ0n) is 17.8. The molecule has 4 rings (SSSR count). The van der Waals surface area contributed by atoms with Gasteiger partial charge in [0.05, 0.1) is 42.8 Å². The highest BCUT2D eigenvalue weighted by atomic mass is 32.2. The maximum absolute atomic E-state index is 13.0. The first-order chi connectivity index (χ1) is 14.5. The summed E-state index contributed by atoms with van der Waals surface area (Å²) in [5.41, 5.74) is 0.912. The van der Waals surface area contributed by atoms with E-state index in [1.165, 1.54) is 0 Å². The van der Waals surface area contributed by atoms with E-state index in [2.05, 4.69) is 9.88 Å². The van der Waals surface area contributed by atoms with Crippen molar-refractivity contribution in [3.05, 3.63) is 11.9 Å². The van der Waals surface area contributed by atoms with Gasteiger partial charge in [-0.3, -0.25) is 9.69 Å². The highest BCUT2D eigenvalue weighted by molar-refractivity contribution is 7.91. The van der Waals surface area contributed by atoms with Crippen LogP contribution in [0, 0.1) is 11.8 Å². The first kappa shape index (κ1) is 21.8. The molecule has 2 aliphatic heterocycles. The van der Waals surface area contributed by atoms with Crippen molar-refractivity contribution in [3.8, 4) is 0 Å². The van der Waals surface area contributed by atoms with Crippen molar-refractivity contribution in [1.29, 1.82) is 0 Å². The van der Waals surface area contributed by atoms with Crippen LogP contribution in [-0.4, -0.2) is 67.0 Å². The molecular weight excluding hydrogens is 406 g/mol. The van der Waals surface area contributed by atoms with Crippen LogP contribution in [0.1, 0.15) is 51.1 Å². The highest BCUT2D eigenvalue weighted by Crippen LogP contribution is 2.32. The number of hydrogen-bond donors (Lipinski definition) is 0. The van der Waals surface area contributed by atoms with Gasteiger partial charge in [-0.15, -0.1) is 0 Å². The summed E-state index contributed by atoms with van der Waals surface area (Å²) in [4.78, 5) is 18.6. The standard InChI is InChI=1S/C21H33N3O5S/c1-2-28-20(25)17-7-9-23(10-8-17)13-18-12-22-21(30(26,27)15-16-5-6-16)24(18)14-19-4-3-11-29-19/h12,16-17,19H,2-11,13-15H2,1H3/t19-/m0/s1. The van der Waals surface area contributed by atoms with E-state index < -0.39 is 9.84 Å². The molecule has 1 saturated carbocycles. The third-order valence-electron chi connectivity index (χ3n) is 6.34. The van der Waals surface area contributed by atoms with Gasteiger partial charge in [-0.1, -0.05) is 0 Å². The molecule has 1 aliphatic carbocycles. The molecule has 0 bridgehead atoms. The number of carbonyl (C=O) groups is 1. The third kappa shape index (κ3) is 5.23. The van der Waals surface area contributed by atoms with Gasteiger partial charge in [0.1, 0.15) is 0 Å². The molecule has 0 amide bonds. The molecule has 30 heavy (non-hydrogen) atoms. The molecule has 0 N–H and O–H groups in total. The second-order valence-electron chi connectivity index (χ2n) is 8.81. The molecular formula is C21H33N3O5S. The van der Waals surface area contributed by atoms with E-state index in [-0.39, 0.29) is 34.8 Å². The van der Waals surface area contributed by atoms with Gasteiger partial charge in [-0.05, 0) is 64.5 Å². The third-order valence-corrected chi connectivity index (χ3v) is 8.13. The molecule has 8 nitrogen and oxygen atoms in total. The van der Waals surface area contributed by atoms with E-state index in [0.717, 1.165) is 63.9 Å². The van der Waals surface area contributed by atoms with Crippen molar-refractivity contribution < 1.29 is 22.7 Å². The lowest BCUT2D eigenvalue weighted by Crippen LogP contribution is -2.37. The molecule has 3 heterocycles. The summed E-state index contributed by atoms with van der Waals surface area (Å²) in [5, 5.41) is 0.196. The van der Waals surface area contributed by atoms with Crippen LogP contribution in [0.5, 0.6) is 0 Å².